The van der Waals surface area contributed by atoms with Crippen LogP contribution in [0.4, 0.5) is 0 Å². The summed E-state index contributed by atoms with van der Waals surface area (Å²) in [7, 11) is 0. The normalized spacial score (nSPS) is 24.9. The molecule has 2 atom stereocenters. The first-order valence-electron chi connectivity index (χ1n) is 8.04. The Morgan fingerprint density at radius 2 is 2.20 bits per heavy atom. The molecule has 3 rings (SSSR count). The summed E-state index contributed by atoms with van der Waals surface area (Å²) in [5, 5.41) is 3.62. The zero-order valence-corrected chi connectivity index (χ0v) is 12.5. The molecule has 1 aromatic carbocycles. The van der Waals surface area contributed by atoms with E-state index in [1.165, 1.54) is 44.5 Å². The van der Waals surface area contributed by atoms with Crippen molar-refractivity contribution >= 4 is 0 Å². The van der Waals surface area contributed by atoms with Crippen molar-refractivity contribution in [1.29, 1.82) is 0 Å². The molecule has 0 radical (unpaired) electrons. The van der Waals surface area contributed by atoms with Gasteiger partial charge in [0.2, 0.25) is 0 Å². The Labute approximate surface area is 122 Å². The van der Waals surface area contributed by atoms with E-state index in [2.05, 4.69) is 41.4 Å². The molecule has 0 spiro atoms. The lowest BCUT2D eigenvalue weighted by Crippen LogP contribution is -2.40. The second-order valence-electron chi connectivity index (χ2n) is 6.10. The van der Waals surface area contributed by atoms with Crippen LogP contribution in [0, 0.1) is 0 Å². The van der Waals surface area contributed by atoms with Crippen molar-refractivity contribution in [2.45, 2.75) is 38.1 Å². The smallest absolute Gasteiger partial charge is 0.122 e. The van der Waals surface area contributed by atoms with E-state index < -0.39 is 0 Å². The highest BCUT2D eigenvalue weighted by Gasteiger charge is 2.26. The number of para-hydroxylation sites is 1. The van der Waals surface area contributed by atoms with Gasteiger partial charge in [-0.15, -0.1) is 0 Å². The molecular weight excluding hydrogens is 248 g/mol. The average molecular weight is 274 g/mol. The summed E-state index contributed by atoms with van der Waals surface area (Å²) < 4.78 is 5.82. The van der Waals surface area contributed by atoms with Crippen LogP contribution in [-0.2, 0) is 0 Å². The van der Waals surface area contributed by atoms with Crippen LogP contribution in [0.25, 0.3) is 0 Å². The van der Waals surface area contributed by atoms with E-state index in [0.717, 1.165) is 18.9 Å². The van der Waals surface area contributed by atoms with Crippen molar-refractivity contribution in [3.63, 3.8) is 0 Å². The Morgan fingerprint density at radius 1 is 1.30 bits per heavy atom. The molecule has 0 aliphatic carbocycles. The Hall–Kier alpha value is -1.06. The van der Waals surface area contributed by atoms with Crippen LogP contribution >= 0.6 is 0 Å². The van der Waals surface area contributed by atoms with Crippen LogP contribution in [0.1, 0.15) is 37.7 Å². The van der Waals surface area contributed by atoms with Crippen molar-refractivity contribution in [3.8, 4) is 5.75 Å². The zero-order chi connectivity index (χ0) is 13.8. The summed E-state index contributed by atoms with van der Waals surface area (Å²) in [6, 6.07) is 9.21. The molecule has 1 aromatic rings. The molecule has 1 saturated heterocycles. The number of rotatable bonds is 6. The highest BCUT2D eigenvalue weighted by molar-refractivity contribution is 5.39. The fraction of sp³-hybridized carbons (Fsp3) is 0.647. The van der Waals surface area contributed by atoms with E-state index in [1.54, 1.807) is 0 Å². The minimum absolute atomic E-state index is 0.541. The van der Waals surface area contributed by atoms with Gasteiger partial charge < -0.3 is 15.0 Å². The van der Waals surface area contributed by atoms with Crippen LogP contribution in [0.2, 0.25) is 0 Å². The van der Waals surface area contributed by atoms with Gasteiger partial charge in [-0.05, 0) is 38.4 Å². The first-order valence-corrected chi connectivity index (χ1v) is 8.04. The summed E-state index contributed by atoms with van der Waals surface area (Å²) in [4.78, 5) is 2.62. The van der Waals surface area contributed by atoms with Crippen LogP contribution in [-0.4, -0.2) is 43.7 Å². The van der Waals surface area contributed by atoms with E-state index in [9.17, 15) is 0 Å². The third kappa shape index (κ3) is 3.15. The Kier molecular flexibility index (Phi) is 4.58. The lowest BCUT2D eigenvalue weighted by Gasteiger charge is -2.27. The molecule has 2 unspecified atom stereocenters. The van der Waals surface area contributed by atoms with Crippen molar-refractivity contribution in [3.05, 3.63) is 29.8 Å². The standard InChI is InChI=1S/C17H26N2O/c1-2-10-19(12-15-6-5-9-18-15)11-14-13-20-17-8-4-3-7-16(14)17/h3-4,7-8,14-15,18H,2,5-6,9-13H2,1H3. The van der Waals surface area contributed by atoms with Gasteiger partial charge in [0.15, 0.2) is 0 Å². The molecule has 110 valence electrons. The number of nitrogens with zero attached hydrogens (tertiary/aromatic N) is 1. The lowest BCUT2D eigenvalue weighted by atomic mass is 10.0. The van der Waals surface area contributed by atoms with Gasteiger partial charge in [-0.3, -0.25) is 0 Å². The monoisotopic (exact) mass is 274 g/mol. The quantitative estimate of drug-likeness (QED) is 0.863. The maximum Gasteiger partial charge on any atom is 0.122 e. The molecule has 1 N–H and O–H groups in total. The lowest BCUT2D eigenvalue weighted by molar-refractivity contribution is 0.217. The Morgan fingerprint density at radius 3 is 3.00 bits per heavy atom. The van der Waals surface area contributed by atoms with Crippen LogP contribution in [0.15, 0.2) is 24.3 Å². The first kappa shape index (κ1) is 13.9. The average Bonchev–Trinajstić information content (AvgIpc) is 3.10. The molecule has 2 aliphatic rings. The van der Waals surface area contributed by atoms with E-state index in [1.807, 2.05) is 0 Å². The summed E-state index contributed by atoms with van der Waals surface area (Å²) >= 11 is 0. The topological polar surface area (TPSA) is 24.5 Å². The summed E-state index contributed by atoms with van der Waals surface area (Å²) in [6.07, 6.45) is 3.89. The third-order valence-electron chi connectivity index (χ3n) is 4.46. The van der Waals surface area contributed by atoms with Gasteiger partial charge in [0.05, 0.1) is 6.61 Å². The molecular formula is C17H26N2O. The van der Waals surface area contributed by atoms with Crippen molar-refractivity contribution < 1.29 is 4.74 Å². The van der Waals surface area contributed by atoms with E-state index >= 15 is 0 Å². The van der Waals surface area contributed by atoms with Crippen LogP contribution in [0.5, 0.6) is 5.75 Å². The predicted octanol–water partition coefficient (Wildman–Crippen LogP) is 2.63. The Bertz CT molecular complexity index is 429. The van der Waals surface area contributed by atoms with E-state index in [4.69, 9.17) is 4.74 Å². The molecule has 3 heteroatoms. The fourth-order valence-corrected chi connectivity index (χ4v) is 3.49. The molecule has 2 aliphatic heterocycles. The molecule has 0 bridgehead atoms. The summed E-state index contributed by atoms with van der Waals surface area (Å²) in [5.41, 5.74) is 1.40. The van der Waals surface area contributed by atoms with Gasteiger partial charge in [0.25, 0.3) is 0 Å². The number of hydrogen-bond donors (Lipinski definition) is 1. The minimum atomic E-state index is 0.541. The number of ether oxygens (including phenoxy) is 1. The predicted molar refractivity (Wildman–Crippen MR) is 82.4 cm³/mol. The summed E-state index contributed by atoms with van der Waals surface area (Å²) in [6.45, 7) is 7.82. The molecule has 0 saturated carbocycles. The highest BCUT2D eigenvalue weighted by atomic mass is 16.5. The number of nitrogens with one attached hydrogen (secondary N) is 1. The Balaban J connectivity index is 1.61. The first-order chi connectivity index (χ1) is 9.86. The molecule has 0 aromatic heterocycles. The maximum atomic E-state index is 5.82. The second-order valence-corrected chi connectivity index (χ2v) is 6.10. The largest absolute Gasteiger partial charge is 0.493 e. The molecule has 0 amide bonds. The SMILES string of the molecule is CCCN(CC1CCCN1)CC1COc2ccccc21. The van der Waals surface area contributed by atoms with Gasteiger partial charge in [-0.2, -0.15) is 0 Å². The van der Waals surface area contributed by atoms with Crippen LogP contribution in [0.3, 0.4) is 0 Å². The highest BCUT2D eigenvalue weighted by Crippen LogP contribution is 2.34. The summed E-state index contributed by atoms with van der Waals surface area (Å²) in [5.74, 6) is 1.63. The van der Waals surface area contributed by atoms with E-state index in [-0.39, 0.29) is 0 Å². The van der Waals surface area contributed by atoms with Gasteiger partial charge in [0, 0.05) is 30.6 Å². The third-order valence-corrected chi connectivity index (χ3v) is 4.46. The molecule has 2 heterocycles. The van der Waals surface area contributed by atoms with Crippen LogP contribution < -0.4 is 10.1 Å². The maximum absolute atomic E-state index is 5.82. The van der Waals surface area contributed by atoms with Gasteiger partial charge in [-0.25, -0.2) is 0 Å². The van der Waals surface area contributed by atoms with E-state index in [0.29, 0.717) is 12.0 Å². The van der Waals surface area contributed by atoms with Gasteiger partial charge >= 0.3 is 0 Å². The number of fused-ring (bicyclic) bond motifs is 1. The van der Waals surface area contributed by atoms with Crippen molar-refractivity contribution in [2.75, 3.05) is 32.8 Å². The number of hydrogen-bond acceptors (Lipinski definition) is 3. The fourth-order valence-electron chi connectivity index (χ4n) is 3.49. The van der Waals surface area contributed by atoms with Crippen molar-refractivity contribution in [2.24, 2.45) is 0 Å². The molecule has 20 heavy (non-hydrogen) atoms. The second kappa shape index (κ2) is 6.59. The van der Waals surface area contributed by atoms with Crippen molar-refractivity contribution in [1.82, 2.24) is 10.2 Å². The van der Waals surface area contributed by atoms with Gasteiger partial charge in [-0.1, -0.05) is 25.1 Å². The zero-order valence-electron chi connectivity index (χ0n) is 12.5. The number of benzene rings is 1. The molecule has 3 nitrogen and oxygen atoms in total. The minimum Gasteiger partial charge on any atom is -0.493 e. The van der Waals surface area contributed by atoms with Gasteiger partial charge in [0.1, 0.15) is 5.75 Å². The molecule has 1 fully saturated rings.